The van der Waals surface area contributed by atoms with E-state index in [9.17, 15) is 0 Å². The number of nitrogens with zero attached hydrogens (tertiary/aromatic N) is 2. The standard InChI is InChI=1S/C9H15N5/c1-11-9(10)14-7-6-13-8-4-2-3-5-12-8/h2-5H,6-7H2,1H3,(H,12,13)(H3,10,11,14). The Morgan fingerprint density at radius 1 is 1.50 bits per heavy atom. The van der Waals surface area contributed by atoms with E-state index in [1.165, 1.54) is 0 Å². The molecule has 0 atom stereocenters. The fourth-order valence-corrected chi connectivity index (χ4v) is 0.928. The molecule has 14 heavy (non-hydrogen) atoms. The van der Waals surface area contributed by atoms with Gasteiger partial charge in [0.15, 0.2) is 5.96 Å². The lowest BCUT2D eigenvalue weighted by Crippen LogP contribution is -2.34. The van der Waals surface area contributed by atoms with Crippen LogP contribution >= 0.6 is 0 Å². The van der Waals surface area contributed by atoms with Crippen LogP contribution in [-0.4, -0.2) is 31.1 Å². The summed E-state index contributed by atoms with van der Waals surface area (Å²) >= 11 is 0. The fourth-order valence-electron chi connectivity index (χ4n) is 0.928. The van der Waals surface area contributed by atoms with Crippen LogP contribution in [0.25, 0.3) is 0 Å². The van der Waals surface area contributed by atoms with Crippen molar-refractivity contribution >= 4 is 11.8 Å². The molecule has 0 fully saturated rings. The SMILES string of the molecule is CN=C(N)NCCNc1ccccn1. The van der Waals surface area contributed by atoms with Crippen molar-refractivity contribution in [3.63, 3.8) is 0 Å². The topological polar surface area (TPSA) is 75.3 Å². The van der Waals surface area contributed by atoms with Crippen molar-refractivity contribution in [2.45, 2.75) is 0 Å². The molecule has 1 aromatic rings. The summed E-state index contributed by atoms with van der Waals surface area (Å²) in [6, 6.07) is 5.73. The predicted octanol–water partition coefficient (Wildman–Crippen LogP) is 0.0276. The first-order valence-electron chi connectivity index (χ1n) is 4.44. The number of aliphatic imine (C=N–C) groups is 1. The Bertz CT molecular complexity index is 283. The largest absolute Gasteiger partial charge is 0.370 e. The van der Waals surface area contributed by atoms with E-state index in [0.717, 1.165) is 18.9 Å². The number of anilines is 1. The summed E-state index contributed by atoms with van der Waals surface area (Å²) in [5.74, 6) is 1.31. The summed E-state index contributed by atoms with van der Waals surface area (Å²) in [5, 5.41) is 6.08. The van der Waals surface area contributed by atoms with Crippen LogP contribution in [0.15, 0.2) is 29.4 Å². The first kappa shape index (κ1) is 10.3. The second-order valence-electron chi connectivity index (χ2n) is 2.68. The minimum atomic E-state index is 0.452. The molecule has 0 aliphatic rings. The third-order valence-corrected chi connectivity index (χ3v) is 1.64. The average molecular weight is 193 g/mol. The van der Waals surface area contributed by atoms with E-state index < -0.39 is 0 Å². The van der Waals surface area contributed by atoms with E-state index in [1.807, 2.05) is 18.2 Å². The molecule has 5 heteroatoms. The highest BCUT2D eigenvalue weighted by atomic mass is 15.1. The van der Waals surface area contributed by atoms with Gasteiger partial charge in [0.25, 0.3) is 0 Å². The van der Waals surface area contributed by atoms with Gasteiger partial charge >= 0.3 is 0 Å². The molecule has 0 spiro atoms. The second kappa shape index (κ2) is 5.80. The van der Waals surface area contributed by atoms with Crippen LogP contribution in [0.4, 0.5) is 5.82 Å². The molecule has 0 amide bonds. The molecule has 1 aromatic heterocycles. The zero-order valence-corrected chi connectivity index (χ0v) is 8.20. The summed E-state index contributed by atoms with van der Waals surface area (Å²) in [4.78, 5) is 7.89. The Kier molecular flexibility index (Phi) is 4.26. The number of nitrogens with two attached hydrogens (primary N) is 1. The van der Waals surface area contributed by atoms with Crippen LogP contribution in [0, 0.1) is 0 Å². The molecule has 5 nitrogen and oxygen atoms in total. The molecule has 0 unspecified atom stereocenters. The average Bonchev–Trinajstić information content (AvgIpc) is 2.25. The minimum absolute atomic E-state index is 0.452. The molecular formula is C9H15N5. The first-order chi connectivity index (χ1) is 6.83. The Hall–Kier alpha value is -1.78. The van der Waals surface area contributed by atoms with Crippen molar-refractivity contribution < 1.29 is 0 Å². The number of rotatable bonds is 4. The maximum atomic E-state index is 5.45. The highest BCUT2D eigenvalue weighted by Crippen LogP contribution is 1.97. The van der Waals surface area contributed by atoms with Crippen LogP contribution < -0.4 is 16.4 Å². The van der Waals surface area contributed by atoms with Gasteiger partial charge in [0.1, 0.15) is 5.82 Å². The summed E-state index contributed by atoms with van der Waals surface area (Å²) in [5.41, 5.74) is 5.45. The van der Waals surface area contributed by atoms with Gasteiger partial charge in [0.05, 0.1) is 0 Å². The Balaban J connectivity index is 2.17. The Morgan fingerprint density at radius 3 is 3.00 bits per heavy atom. The van der Waals surface area contributed by atoms with Gasteiger partial charge in [-0.05, 0) is 12.1 Å². The zero-order chi connectivity index (χ0) is 10.2. The fraction of sp³-hybridized carbons (Fsp3) is 0.333. The lowest BCUT2D eigenvalue weighted by molar-refractivity contribution is 0.891. The summed E-state index contributed by atoms with van der Waals surface area (Å²) in [6.45, 7) is 1.48. The van der Waals surface area contributed by atoms with Crippen LogP contribution in [0.2, 0.25) is 0 Å². The van der Waals surface area contributed by atoms with E-state index in [4.69, 9.17) is 5.73 Å². The van der Waals surface area contributed by atoms with Crippen LogP contribution in [0.5, 0.6) is 0 Å². The van der Waals surface area contributed by atoms with Crippen molar-refractivity contribution in [3.05, 3.63) is 24.4 Å². The van der Waals surface area contributed by atoms with Gasteiger partial charge in [0.2, 0.25) is 0 Å². The highest BCUT2D eigenvalue weighted by molar-refractivity contribution is 5.77. The monoisotopic (exact) mass is 193 g/mol. The molecule has 76 valence electrons. The van der Waals surface area contributed by atoms with E-state index >= 15 is 0 Å². The van der Waals surface area contributed by atoms with Gasteiger partial charge in [-0.25, -0.2) is 4.98 Å². The molecule has 0 aromatic carbocycles. The van der Waals surface area contributed by atoms with Crippen LogP contribution in [0.1, 0.15) is 0 Å². The number of hydrogen-bond acceptors (Lipinski definition) is 3. The second-order valence-corrected chi connectivity index (χ2v) is 2.68. The lowest BCUT2D eigenvalue weighted by Gasteiger charge is -2.06. The lowest BCUT2D eigenvalue weighted by atomic mass is 10.4. The van der Waals surface area contributed by atoms with E-state index in [0.29, 0.717) is 5.96 Å². The Morgan fingerprint density at radius 2 is 2.36 bits per heavy atom. The number of pyridine rings is 1. The van der Waals surface area contributed by atoms with Crippen molar-refractivity contribution in [1.29, 1.82) is 0 Å². The van der Waals surface area contributed by atoms with E-state index in [1.54, 1.807) is 13.2 Å². The maximum absolute atomic E-state index is 5.45. The van der Waals surface area contributed by atoms with Crippen LogP contribution in [-0.2, 0) is 0 Å². The van der Waals surface area contributed by atoms with Crippen molar-refractivity contribution in [2.24, 2.45) is 10.7 Å². The summed E-state index contributed by atoms with van der Waals surface area (Å²) in [7, 11) is 1.65. The van der Waals surface area contributed by atoms with Crippen molar-refractivity contribution in [1.82, 2.24) is 10.3 Å². The number of nitrogens with one attached hydrogen (secondary N) is 2. The number of hydrogen-bond donors (Lipinski definition) is 3. The first-order valence-corrected chi connectivity index (χ1v) is 4.44. The smallest absolute Gasteiger partial charge is 0.188 e. The zero-order valence-electron chi connectivity index (χ0n) is 8.20. The van der Waals surface area contributed by atoms with Gasteiger partial charge in [-0.1, -0.05) is 6.07 Å². The minimum Gasteiger partial charge on any atom is -0.370 e. The van der Waals surface area contributed by atoms with Gasteiger partial charge in [0, 0.05) is 26.3 Å². The highest BCUT2D eigenvalue weighted by Gasteiger charge is 1.91. The molecule has 0 saturated heterocycles. The molecule has 0 aliphatic carbocycles. The van der Waals surface area contributed by atoms with Gasteiger partial charge < -0.3 is 16.4 Å². The van der Waals surface area contributed by atoms with E-state index in [-0.39, 0.29) is 0 Å². The molecule has 0 aliphatic heterocycles. The predicted molar refractivity (Wildman–Crippen MR) is 58.3 cm³/mol. The van der Waals surface area contributed by atoms with Gasteiger partial charge in [-0.3, -0.25) is 4.99 Å². The molecule has 1 rings (SSSR count). The number of aromatic nitrogens is 1. The summed E-state index contributed by atoms with van der Waals surface area (Å²) in [6.07, 6.45) is 1.75. The van der Waals surface area contributed by atoms with Gasteiger partial charge in [-0.15, -0.1) is 0 Å². The quantitative estimate of drug-likeness (QED) is 0.358. The molecule has 0 radical (unpaired) electrons. The molecule has 1 heterocycles. The summed E-state index contributed by atoms with van der Waals surface area (Å²) < 4.78 is 0. The normalized spacial score (nSPS) is 11.1. The molecular weight excluding hydrogens is 178 g/mol. The maximum Gasteiger partial charge on any atom is 0.188 e. The molecule has 0 bridgehead atoms. The van der Waals surface area contributed by atoms with Crippen molar-refractivity contribution in [3.8, 4) is 0 Å². The number of guanidine groups is 1. The third kappa shape index (κ3) is 3.75. The molecule has 0 saturated carbocycles. The molecule has 4 N–H and O–H groups in total. The van der Waals surface area contributed by atoms with Gasteiger partial charge in [-0.2, -0.15) is 0 Å². The van der Waals surface area contributed by atoms with Crippen molar-refractivity contribution in [2.75, 3.05) is 25.5 Å². The van der Waals surface area contributed by atoms with Crippen LogP contribution in [0.3, 0.4) is 0 Å². The van der Waals surface area contributed by atoms with E-state index in [2.05, 4.69) is 20.6 Å². The third-order valence-electron chi connectivity index (χ3n) is 1.64. The Labute approximate surface area is 83.4 Å².